The highest BCUT2D eigenvalue weighted by atomic mass is 79.9. The largest absolute Gasteiger partial charge is 0.508 e. The van der Waals surface area contributed by atoms with Gasteiger partial charge in [-0.2, -0.15) is 5.10 Å². The number of hydrogen-bond donors (Lipinski definition) is 3. The summed E-state index contributed by atoms with van der Waals surface area (Å²) in [5.74, 6) is -0.981. The van der Waals surface area contributed by atoms with Crippen LogP contribution in [0.3, 0.4) is 0 Å². The first-order valence-electron chi connectivity index (χ1n) is 5.67. The molecule has 0 bridgehead atoms. The van der Waals surface area contributed by atoms with Crippen molar-refractivity contribution in [3.05, 3.63) is 58.1 Å². The van der Waals surface area contributed by atoms with Crippen LogP contribution in [0.15, 0.2) is 52.0 Å². The fourth-order valence-electron chi connectivity index (χ4n) is 1.52. The Kier molecular flexibility index (Phi) is 4.37. The number of halogens is 1. The van der Waals surface area contributed by atoms with E-state index in [0.717, 1.165) is 16.1 Å². The van der Waals surface area contributed by atoms with Crippen LogP contribution in [0, 0.1) is 0 Å². The summed E-state index contributed by atoms with van der Waals surface area (Å²) < 4.78 is 0.906. The maximum atomic E-state index is 11.8. The molecule has 0 aliphatic carbocycles. The van der Waals surface area contributed by atoms with Gasteiger partial charge < -0.3 is 10.2 Å². The minimum atomic E-state index is -0.561. The first-order valence-corrected chi connectivity index (χ1v) is 6.46. The lowest BCUT2D eigenvalue weighted by Gasteiger charge is -2.03. The number of benzene rings is 2. The second-order valence-electron chi connectivity index (χ2n) is 3.96. The predicted octanol–water partition coefficient (Wildman–Crippen LogP) is 2.62. The normalized spacial score (nSPS) is 10.7. The molecule has 0 aliphatic rings. The second-order valence-corrected chi connectivity index (χ2v) is 4.87. The molecule has 2 aromatic carbocycles. The van der Waals surface area contributed by atoms with E-state index in [0.29, 0.717) is 0 Å². The third-order valence-electron chi connectivity index (χ3n) is 2.45. The monoisotopic (exact) mass is 334 g/mol. The lowest BCUT2D eigenvalue weighted by atomic mass is 10.2. The second kappa shape index (κ2) is 6.21. The van der Waals surface area contributed by atoms with E-state index in [2.05, 4.69) is 26.5 Å². The highest BCUT2D eigenvalue weighted by Crippen LogP contribution is 2.22. The van der Waals surface area contributed by atoms with Crippen molar-refractivity contribution < 1.29 is 15.0 Å². The molecular formula is C14H11BrN2O3. The molecule has 2 rings (SSSR count). The average Bonchev–Trinajstić information content (AvgIpc) is 2.38. The van der Waals surface area contributed by atoms with Gasteiger partial charge in [0.25, 0.3) is 5.91 Å². The topological polar surface area (TPSA) is 81.9 Å². The van der Waals surface area contributed by atoms with Crippen molar-refractivity contribution in [1.29, 1.82) is 0 Å². The Balaban J connectivity index is 2.05. The fourth-order valence-corrected chi connectivity index (χ4v) is 1.94. The van der Waals surface area contributed by atoms with Crippen LogP contribution in [0.1, 0.15) is 15.9 Å². The zero-order valence-electron chi connectivity index (χ0n) is 10.2. The van der Waals surface area contributed by atoms with Crippen LogP contribution in [0.2, 0.25) is 0 Å². The van der Waals surface area contributed by atoms with Gasteiger partial charge in [0.15, 0.2) is 0 Å². The van der Waals surface area contributed by atoms with Crippen LogP contribution in [-0.2, 0) is 0 Å². The van der Waals surface area contributed by atoms with Crippen LogP contribution < -0.4 is 5.43 Å². The highest BCUT2D eigenvalue weighted by molar-refractivity contribution is 9.10. The maximum Gasteiger partial charge on any atom is 0.275 e. The summed E-state index contributed by atoms with van der Waals surface area (Å²) in [6.45, 7) is 0. The van der Waals surface area contributed by atoms with Gasteiger partial charge in [-0.05, 0) is 29.8 Å². The standard InChI is InChI=1S/C14H11BrN2O3/c15-10-3-1-2-9(6-10)8-16-17-14(20)12-5-4-11(18)7-13(12)19/h1-8,18-19H,(H,17,20)/b16-8+. The molecule has 0 aliphatic heterocycles. The summed E-state index contributed by atoms with van der Waals surface area (Å²) in [7, 11) is 0. The van der Waals surface area contributed by atoms with E-state index in [1.165, 1.54) is 18.3 Å². The van der Waals surface area contributed by atoms with Gasteiger partial charge in [0.05, 0.1) is 11.8 Å². The van der Waals surface area contributed by atoms with Crippen molar-refractivity contribution in [2.24, 2.45) is 5.10 Å². The number of aromatic hydroxyl groups is 2. The molecule has 102 valence electrons. The van der Waals surface area contributed by atoms with Crippen LogP contribution in [0.25, 0.3) is 0 Å². The number of phenolic OH excluding ortho intramolecular Hbond substituents is 2. The van der Waals surface area contributed by atoms with Gasteiger partial charge in [0, 0.05) is 10.5 Å². The number of carbonyl (C=O) groups is 1. The Bertz CT molecular complexity index is 671. The summed E-state index contributed by atoms with van der Waals surface area (Å²) in [5, 5.41) is 22.5. The summed E-state index contributed by atoms with van der Waals surface area (Å²) in [6.07, 6.45) is 1.49. The summed E-state index contributed by atoms with van der Waals surface area (Å²) in [5.41, 5.74) is 3.15. The van der Waals surface area contributed by atoms with Crippen molar-refractivity contribution in [3.63, 3.8) is 0 Å². The molecule has 0 fully saturated rings. The SMILES string of the molecule is O=C(N/N=C/c1cccc(Br)c1)c1ccc(O)cc1O. The Morgan fingerprint density at radius 1 is 1.20 bits per heavy atom. The molecular weight excluding hydrogens is 324 g/mol. The minimum absolute atomic E-state index is 0.0363. The molecule has 0 aromatic heterocycles. The molecule has 20 heavy (non-hydrogen) atoms. The molecule has 6 heteroatoms. The van der Waals surface area contributed by atoms with Crippen molar-refractivity contribution in [1.82, 2.24) is 5.43 Å². The van der Waals surface area contributed by atoms with Gasteiger partial charge >= 0.3 is 0 Å². The molecule has 0 heterocycles. The number of amides is 1. The Morgan fingerprint density at radius 2 is 2.00 bits per heavy atom. The van der Waals surface area contributed by atoms with E-state index < -0.39 is 5.91 Å². The zero-order valence-corrected chi connectivity index (χ0v) is 11.8. The smallest absolute Gasteiger partial charge is 0.275 e. The lowest BCUT2D eigenvalue weighted by Crippen LogP contribution is -2.17. The van der Waals surface area contributed by atoms with E-state index in [4.69, 9.17) is 5.11 Å². The predicted molar refractivity (Wildman–Crippen MR) is 79.0 cm³/mol. The number of carbonyl (C=O) groups excluding carboxylic acids is 1. The zero-order chi connectivity index (χ0) is 14.5. The van der Waals surface area contributed by atoms with E-state index >= 15 is 0 Å². The van der Waals surface area contributed by atoms with Crippen molar-refractivity contribution in [2.75, 3.05) is 0 Å². The molecule has 1 amide bonds. The number of rotatable bonds is 3. The minimum Gasteiger partial charge on any atom is -0.508 e. The third-order valence-corrected chi connectivity index (χ3v) is 2.95. The molecule has 0 radical (unpaired) electrons. The molecule has 0 saturated heterocycles. The van der Waals surface area contributed by atoms with Crippen molar-refractivity contribution >= 4 is 28.1 Å². The van der Waals surface area contributed by atoms with E-state index in [9.17, 15) is 9.90 Å². The fraction of sp³-hybridized carbons (Fsp3) is 0. The van der Waals surface area contributed by atoms with Gasteiger partial charge in [0.2, 0.25) is 0 Å². The molecule has 0 atom stereocenters. The number of nitrogens with one attached hydrogen (secondary N) is 1. The Hall–Kier alpha value is -2.34. The number of hydrogen-bond acceptors (Lipinski definition) is 4. The van der Waals surface area contributed by atoms with Gasteiger partial charge in [-0.1, -0.05) is 28.1 Å². The molecule has 3 N–H and O–H groups in total. The molecule has 0 spiro atoms. The molecule has 0 unspecified atom stereocenters. The quantitative estimate of drug-likeness (QED) is 0.596. The molecule has 5 nitrogen and oxygen atoms in total. The van der Waals surface area contributed by atoms with E-state index in [-0.39, 0.29) is 17.1 Å². The Morgan fingerprint density at radius 3 is 2.70 bits per heavy atom. The van der Waals surface area contributed by atoms with Gasteiger partial charge in [-0.3, -0.25) is 4.79 Å². The van der Waals surface area contributed by atoms with Crippen LogP contribution in [0.5, 0.6) is 11.5 Å². The summed E-state index contributed by atoms with van der Waals surface area (Å²) in [4.78, 5) is 11.8. The highest BCUT2D eigenvalue weighted by Gasteiger charge is 2.10. The molecule has 2 aromatic rings. The third kappa shape index (κ3) is 3.58. The Labute approximate surface area is 123 Å². The van der Waals surface area contributed by atoms with Crippen LogP contribution >= 0.6 is 15.9 Å². The molecule has 0 saturated carbocycles. The van der Waals surface area contributed by atoms with Crippen molar-refractivity contribution in [2.45, 2.75) is 0 Å². The first-order chi connectivity index (χ1) is 9.56. The van der Waals surface area contributed by atoms with Crippen LogP contribution in [-0.4, -0.2) is 22.3 Å². The lowest BCUT2D eigenvalue weighted by molar-refractivity contribution is 0.0952. The van der Waals surface area contributed by atoms with Gasteiger partial charge in [-0.25, -0.2) is 5.43 Å². The number of hydrazone groups is 1. The van der Waals surface area contributed by atoms with Crippen LogP contribution in [0.4, 0.5) is 0 Å². The summed E-state index contributed by atoms with van der Waals surface area (Å²) in [6, 6.07) is 11.1. The van der Waals surface area contributed by atoms with Gasteiger partial charge in [-0.15, -0.1) is 0 Å². The number of phenols is 2. The summed E-state index contributed by atoms with van der Waals surface area (Å²) >= 11 is 3.33. The average molecular weight is 335 g/mol. The van der Waals surface area contributed by atoms with Crippen molar-refractivity contribution in [3.8, 4) is 11.5 Å². The van der Waals surface area contributed by atoms with E-state index in [1.807, 2.05) is 24.3 Å². The maximum absolute atomic E-state index is 11.8. The van der Waals surface area contributed by atoms with E-state index in [1.54, 1.807) is 0 Å². The number of nitrogens with zero attached hydrogens (tertiary/aromatic N) is 1. The van der Waals surface area contributed by atoms with Gasteiger partial charge in [0.1, 0.15) is 11.5 Å². The first kappa shape index (κ1) is 14.1.